The van der Waals surface area contributed by atoms with Crippen molar-refractivity contribution in [2.75, 3.05) is 0 Å². The smallest absolute Gasteiger partial charge is 0.370 e. The van der Waals surface area contributed by atoms with E-state index < -0.39 is 11.9 Å². The summed E-state index contributed by atoms with van der Waals surface area (Å²) < 4.78 is 37.4. The minimum absolute atomic E-state index is 0.108. The number of alkyl halides is 3. The van der Waals surface area contributed by atoms with E-state index >= 15 is 0 Å². The minimum Gasteiger partial charge on any atom is -0.370 e. The molecule has 1 aliphatic carbocycles. The zero-order valence-electron chi connectivity index (χ0n) is 10.2. The zero-order chi connectivity index (χ0) is 13.9. The Hall–Kier alpha value is -1.79. The van der Waals surface area contributed by atoms with Gasteiger partial charge in [0.05, 0.1) is 6.54 Å². The van der Waals surface area contributed by atoms with Gasteiger partial charge in [-0.1, -0.05) is 0 Å². The molecule has 19 heavy (non-hydrogen) atoms. The summed E-state index contributed by atoms with van der Waals surface area (Å²) in [6.07, 6.45) is -0.0175. The second-order valence-corrected chi connectivity index (χ2v) is 4.52. The number of guanidine groups is 1. The third-order valence-corrected chi connectivity index (χ3v) is 3.00. The number of halogens is 3. The number of hydrogen-bond donors (Lipinski definition) is 2. The van der Waals surface area contributed by atoms with Gasteiger partial charge in [0, 0.05) is 12.2 Å². The lowest BCUT2D eigenvalue weighted by Gasteiger charge is -2.26. The molecule has 0 atom stereocenters. The molecule has 1 saturated carbocycles. The van der Waals surface area contributed by atoms with Gasteiger partial charge in [-0.25, -0.2) is 4.99 Å². The van der Waals surface area contributed by atoms with Gasteiger partial charge >= 0.3 is 6.18 Å². The Morgan fingerprint density at radius 3 is 2.79 bits per heavy atom. The Balaban J connectivity index is 1.96. The summed E-state index contributed by atoms with van der Waals surface area (Å²) in [5, 5.41) is 3.02. The van der Waals surface area contributed by atoms with E-state index in [1.165, 1.54) is 12.5 Å². The van der Waals surface area contributed by atoms with E-state index in [2.05, 4.69) is 15.3 Å². The third-order valence-electron chi connectivity index (χ3n) is 3.00. The number of hydrogen-bond acceptors (Lipinski definition) is 2. The highest BCUT2D eigenvalue weighted by atomic mass is 19.4. The number of nitrogens with two attached hydrogens (primary N) is 1. The highest BCUT2D eigenvalue weighted by molar-refractivity contribution is 5.78. The molecule has 0 unspecified atom stereocenters. The topological polar surface area (TPSA) is 63.3 Å². The summed E-state index contributed by atoms with van der Waals surface area (Å²) in [6, 6.07) is 2.84. The number of nitrogens with zero attached hydrogens (tertiary/aromatic N) is 2. The Morgan fingerprint density at radius 2 is 2.21 bits per heavy atom. The summed E-state index contributed by atoms with van der Waals surface area (Å²) in [5.74, 6) is 0.273. The Labute approximate surface area is 108 Å². The maximum Gasteiger partial charge on any atom is 0.433 e. The molecule has 3 N–H and O–H groups in total. The van der Waals surface area contributed by atoms with Crippen LogP contribution in [0.1, 0.15) is 30.5 Å². The normalized spacial score (nSPS) is 17.1. The predicted molar refractivity (Wildman–Crippen MR) is 65.3 cm³/mol. The molecule has 0 spiro atoms. The van der Waals surface area contributed by atoms with Crippen LogP contribution >= 0.6 is 0 Å². The fourth-order valence-electron chi connectivity index (χ4n) is 1.71. The average molecular weight is 272 g/mol. The number of pyridine rings is 1. The SMILES string of the molecule is NC(=NCc1ccnc(C(F)(F)F)c1)NC1CCC1. The second kappa shape index (κ2) is 5.46. The summed E-state index contributed by atoms with van der Waals surface area (Å²) >= 11 is 0. The third kappa shape index (κ3) is 3.84. The number of rotatable bonds is 3. The lowest BCUT2D eigenvalue weighted by Crippen LogP contribution is -2.43. The van der Waals surface area contributed by atoms with Crippen molar-refractivity contribution < 1.29 is 13.2 Å². The van der Waals surface area contributed by atoms with Crippen molar-refractivity contribution >= 4 is 5.96 Å². The van der Waals surface area contributed by atoms with Crippen LogP contribution in [0.4, 0.5) is 13.2 Å². The molecule has 1 aliphatic rings. The van der Waals surface area contributed by atoms with Crippen LogP contribution in [-0.2, 0) is 12.7 Å². The molecule has 2 rings (SSSR count). The second-order valence-electron chi connectivity index (χ2n) is 4.52. The van der Waals surface area contributed by atoms with Crippen LogP contribution in [0.3, 0.4) is 0 Å². The van der Waals surface area contributed by atoms with Gasteiger partial charge in [-0.15, -0.1) is 0 Å². The van der Waals surface area contributed by atoms with E-state index in [1.807, 2.05) is 0 Å². The van der Waals surface area contributed by atoms with Crippen molar-refractivity contribution in [1.82, 2.24) is 10.3 Å². The first-order valence-electron chi connectivity index (χ1n) is 6.04. The van der Waals surface area contributed by atoms with Crippen molar-refractivity contribution in [3.63, 3.8) is 0 Å². The van der Waals surface area contributed by atoms with E-state index in [9.17, 15) is 13.2 Å². The lowest BCUT2D eigenvalue weighted by molar-refractivity contribution is -0.141. The highest BCUT2D eigenvalue weighted by Crippen LogP contribution is 2.27. The summed E-state index contributed by atoms with van der Waals surface area (Å²) in [7, 11) is 0. The molecule has 0 aromatic carbocycles. The van der Waals surface area contributed by atoms with Gasteiger partial charge in [0.1, 0.15) is 5.69 Å². The fourth-order valence-corrected chi connectivity index (χ4v) is 1.71. The van der Waals surface area contributed by atoms with Gasteiger partial charge in [0.25, 0.3) is 0 Å². The monoisotopic (exact) mass is 272 g/mol. The largest absolute Gasteiger partial charge is 0.433 e. The van der Waals surface area contributed by atoms with Crippen LogP contribution in [0.5, 0.6) is 0 Å². The molecule has 0 radical (unpaired) electrons. The molecule has 1 fully saturated rings. The molecule has 1 aromatic rings. The Morgan fingerprint density at radius 1 is 1.47 bits per heavy atom. The first kappa shape index (κ1) is 13.6. The number of aromatic nitrogens is 1. The van der Waals surface area contributed by atoms with Crippen molar-refractivity contribution in [2.24, 2.45) is 10.7 Å². The minimum atomic E-state index is -4.44. The Kier molecular flexibility index (Phi) is 3.92. The molecular weight excluding hydrogens is 257 g/mol. The quantitative estimate of drug-likeness (QED) is 0.654. The van der Waals surface area contributed by atoms with Crippen LogP contribution in [-0.4, -0.2) is 17.0 Å². The summed E-state index contributed by atoms with van der Waals surface area (Å²) in [4.78, 5) is 7.32. The van der Waals surface area contributed by atoms with Crippen molar-refractivity contribution in [2.45, 2.75) is 38.0 Å². The molecule has 0 amide bonds. The zero-order valence-corrected chi connectivity index (χ0v) is 10.2. The molecule has 104 valence electrons. The van der Waals surface area contributed by atoms with E-state index in [4.69, 9.17) is 5.73 Å². The maximum absolute atomic E-state index is 12.5. The molecule has 4 nitrogen and oxygen atoms in total. The molecule has 0 aliphatic heterocycles. The number of aliphatic imine (C=N–C) groups is 1. The maximum atomic E-state index is 12.5. The standard InChI is InChI=1S/C12H15F3N4/c13-12(14,15)10-6-8(4-5-17-10)7-18-11(16)19-9-2-1-3-9/h4-6,9H,1-3,7H2,(H3,16,18,19). The van der Waals surface area contributed by atoms with Gasteiger partial charge < -0.3 is 11.1 Å². The van der Waals surface area contributed by atoms with Gasteiger partial charge in [-0.3, -0.25) is 4.98 Å². The van der Waals surface area contributed by atoms with Gasteiger partial charge in [-0.2, -0.15) is 13.2 Å². The fraction of sp³-hybridized carbons (Fsp3) is 0.500. The van der Waals surface area contributed by atoms with Crippen molar-refractivity contribution in [3.05, 3.63) is 29.6 Å². The predicted octanol–water partition coefficient (Wildman–Crippen LogP) is 2.06. The number of nitrogens with one attached hydrogen (secondary N) is 1. The van der Waals surface area contributed by atoms with Gasteiger partial charge in [-0.05, 0) is 37.0 Å². The lowest BCUT2D eigenvalue weighted by atomic mass is 9.93. The van der Waals surface area contributed by atoms with Crippen LogP contribution in [0, 0.1) is 0 Å². The van der Waals surface area contributed by atoms with Crippen molar-refractivity contribution in [1.29, 1.82) is 0 Å². The molecule has 1 aromatic heterocycles. The molecule has 0 bridgehead atoms. The molecule has 1 heterocycles. The van der Waals surface area contributed by atoms with Gasteiger partial charge in [0.15, 0.2) is 5.96 Å². The first-order chi connectivity index (χ1) is 8.95. The van der Waals surface area contributed by atoms with Gasteiger partial charge in [0.2, 0.25) is 0 Å². The first-order valence-corrected chi connectivity index (χ1v) is 6.04. The van der Waals surface area contributed by atoms with E-state index in [-0.39, 0.29) is 12.5 Å². The van der Waals surface area contributed by atoms with Crippen LogP contribution in [0.2, 0.25) is 0 Å². The molecule has 7 heteroatoms. The highest BCUT2D eigenvalue weighted by Gasteiger charge is 2.32. The van der Waals surface area contributed by atoms with Crippen molar-refractivity contribution in [3.8, 4) is 0 Å². The van der Waals surface area contributed by atoms with E-state index in [1.54, 1.807) is 0 Å². The summed E-state index contributed by atoms with van der Waals surface area (Å²) in [6.45, 7) is 0.108. The van der Waals surface area contributed by atoms with E-state index in [0.717, 1.165) is 25.1 Å². The Bertz CT molecular complexity index is 466. The van der Waals surface area contributed by atoms with Crippen LogP contribution in [0.25, 0.3) is 0 Å². The van der Waals surface area contributed by atoms with Crippen LogP contribution in [0.15, 0.2) is 23.3 Å². The average Bonchev–Trinajstić information content (AvgIpc) is 2.31. The molecule has 0 saturated heterocycles. The molecular formula is C12H15F3N4. The van der Waals surface area contributed by atoms with Crippen LogP contribution < -0.4 is 11.1 Å². The van der Waals surface area contributed by atoms with E-state index in [0.29, 0.717) is 11.6 Å². The summed E-state index contributed by atoms with van der Waals surface area (Å²) in [5.41, 5.74) is 5.18.